The summed E-state index contributed by atoms with van der Waals surface area (Å²) >= 11 is 0. The highest BCUT2D eigenvalue weighted by Gasteiger charge is 2.06. The zero-order chi connectivity index (χ0) is 10.8. The normalized spacial score (nSPS) is 10.7. The lowest BCUT2D eigenvalue weighted by Gasteiger charge is -1.96. The van der Waals surface area contributed by atoms with Gasteiger partial charge in [0.15, 0.2) is 0 Å². The molecule has 0 amide bonds. The van der Waals surface area contributed by atoms with Crippen molar-refractivity contribution in [1.82, 2.24) is 4.98 Å². The van der Waals surface area contributed by atoms with Gasteiger partial charge in [0.2, 0.25) is 0 Å². The number of carboxylic acid groups (broad SMARTS) is 1. The van der Waals surface area contributed by atoms with Gasteiger partial charge < -0.3 is 10.1 Å². The molecule has 0 bridgehead atoms. The van der Waals surface area contributed by atoms with E-state index in [0.717, 1.165) is 23.0 Å². The molecule has 0 unspecified atom stereocenters. The molecule has 2 aromatic rings. The Hall–Kier alpha value is -1.77. The predicted molar refractivity (Wildman–Crippen MR) is 59.0 cm³/mol. The monoisotopic (exact) mass is 203 g/mol. The number of hydrogen-bond acceptors (Lipinski definition) is 1. The van der Waals surface area contributed by atoms with Crippen LogP contribution in [0.1, 0.15) is 18.2 Å². The minimum absolute atomic E-state index is 0.0534. The molecule has 1 aromatic carbocycles. The fourth-order valence-corrected chi connectivity index (χ4v) is 1.84. The first-order valence-electron chi connectivity index (χ1n) is 5.02. The SMILES string of the molecule is CCc1cccc2[nH]c(CC(=O)O)cc12. The molecular weight excluding hydrogens is 190 g/mol. The second-order valence-corrected chi connectivity index (χ2v) is 3.60. The number of carbonyl (C=O) groups is 1. The van der Waals surface area contributed by atoms with E-state index in [4.69, 9.17) is 5.11 Å². The van der Waals surface area contributed by atoms with Crippen LogP contribution in [-0.2, 0) is 17.6 Å². The molecule has 1 aromatic heterocycles. The Kier molecular flexibility index (Phi) is 2.46. The summed E-state index contributed by atoms with van der Waals surface area (Å²) in [7, 11) is 0. The molecule has 0 saturated heterocycles. The van der Waals surface area contributed by atoms with E-state index in [1.54, 1.807) is 0 Å². The summed E-state index contributed by atoms with van der Waals surface area (Å²) in [5, 5.41) is 9.83. The number of hydrogen-bond donors (Lipinski definition) is 2. The third-order valence-electron chi connectivity index (χ3n) is 2.53. The van der Waals surface area contributed by atoms with Crippen molar-refractivity contribution in [2.75, 3.05) is 0 Å². The lowest BCUT2D eigenvalue weighted by molar-refractivity contribution is -0.136. The highest BCUT2D eigenvalue weighted by atomic mass is 16.4. The number of carboxylic acids is 1. The van der Waals surface area contributed by atoms with Crippen molar-refractivity contribution in [1.29, 1.82) is 0 Å². The molecule has 0 aliphatic carbocycles. The number of fused-ring (bicyclic) bond motifs is 1. The van der Waals surface area contributed by atoms with Gasteiger partial charge in [0.05, 0.1) is 6.42 Å². The lowest BCUT2D eigenvalue weighted by Crippen LogP contribution is -1.99. The van der Waals surface area contributed by atoms with E-state index >= 15 is 0 Å². The summed E-state index contributed by atoms with van der Waals surface area (Å²) in [4.78, 5) is 13.7. The molecule has 0 aliphatic heterocycles. The zero-order valence-corrected chi connectivity index (χ0v) is 8.58. The summed E-state index contributed by atoms with van der Waals surface area (Å²) in [6.45, 7) is 2.10. The molecule has 0 atom stereocenters. The molecule has 1 heterocycles. The van der Waals surface area contributed by atoms with Crippen LogP contribution in [0.2, 0.25) is 0 Å². The van der Waals surface area contributed by atoms with Gasteiger partial charge in [0, 0.05) is 16.6 Å². The molecule has 3 nitrogen and oxygen atoms in total. The Morgan fingerprint density at radius 2 is 2.27 bits per heavy atom. The molecule has 2 N–H and O–H groups in total. The third kappa shape index (κ3) is 1.86. The Morgan fingerprint density at radius 3 is 2.93 bits per heavy atom. The van der Waals surface area contributed by atoms with E-state index in [9.17, 15) is 4.79 Å². The van der Waals surface area contributed by atoms with Gasteiger partial charge in [-0.1, -0.05) is 19.1 Å². The highest BCUT2D eigenvalue weighted by molar-refractivity contribution is 5.85. The standard InChI is InChI=1S/C12H13NO2/c1-2-8-4-3-5-11-10(8)6-9(13-11)7-12(14)15/h3-6,13H,2,7H2,1H3,(H,14,15). The van der Waals surface area contributed by atoms with Gasteiger partial charge in [0.25, 0.3) is 0 Å². The van der Waals surface area contributed by atoms with Crippen LogP contribution >= 0.6 is 0 Å². The average Bonchev–Trinajstić information content (AvgIpc) is 2.58. The van der Waals surface area contributed by atoms with E-state index in [2.05, 4.69) is 18.0 Å². The number of aryl methyl sites for hydroxylation is 1. The molecule has 2 rings (SSSR count). The van der Waals surface area contributed by atoms with E-state index in [-0.39, 0.29) is 6.42 Å². The number of benzene rings is 1. The predicted octanol–water partition coefficient (Wildman–Crippen LogP) is 2.36. The van der Waals surface area contributed by atoms with Crippen molar-refractivity contribution in [3.63, 3.8) is 0 Å². The van der Waals surface area contributed by atoms with Crippen LogP contribution in [0.4, 0.5) is 0 Å². The highest BCUT2D eigenvalue weighted by Crippen LogP contribution is 2.20. The first-order chi connectivity index (χ1) is 7.20. The topological polar surface area (TPSA) is 53.1 Å². The molecular formula is C12H13NO2. The summed E-state index contributed by atoms with van der Waals surface area (Å²) in [5.41, 5.74) is 3.03. The molecule has 0 radical (unpaired) electrons. The van der Waals surface area contributed by atoms with Crippen molar-refractivity contribution in [2.24, 2.45) is 0 Å². The second-order valence-electron chi connectivity index (χ2n) is 3.60. The summed E-state index contributed by atoms with van der Waals surface area (Å²) < 4.78 is 0. The third-order valence-corrected chi connectivity index (χ3v) is 2.53. The van der Waals surface area contributed by atoms with Crippen LogP contribution in [-0.4, -0.2) is 16.1 Å². The van der Waals surface area contributed by atoms with E-state index < -0.39 is 5.97 Å². The smallest absolute Gasteiger partial charge is 0.309 e. The Labute approximate surface area is 87.7 Å². The fourth-order valence-electron chi connectivity index (χ4n) is 1.84. The zero-order valence-electron chi connectivity index (χ0n) is 8.58. The van der Waals surface area contributed by atoms with Crippen molar-refractivity contribution < 1.29 is 9.90 Å². The molecule has 15 heavy (non-hydrogen) atoms. The molecule has 0 aliphatic rings. The summed E-state index contributed by atoms with van der Waals surface area (Å²) in [6, 6.07) is 7.96. The lowest BCUT2D eigenvalue weighted by atomic mass is 10.1. The number of rotatable bonds is 3. The second kappa shape index (κ2) is 3.77. The maximum Gasteiger partial charge on any atom is 0.309 e. The van der Waals surface area contributed by atoms with Gasteiger partial charge in [-0.05, 0) is 24.1 Å². The average molecular weight is 203 g/mol. The van der Waals surface area contributed by atoms with Gasteiger partial charge in [0.1, 0.15) is 0 Å². The Balaban J connectivity index is 2.50. The molecule has 0 spiro atoms. The van der Waals surface area contributed by atoms with Gasteiger partial charge in [-0.2, -0.15) is 0 Å². The molecule has 0 fully saturated rings. The van der Waals surface area contributed by atoms with Crippen molar-refractivity contribution in [2.45, 2.75) is 19.8 Å². The van der Waals surface area contributed by atoms with Crippen LogP contribution in [0.5, 0.6) is 0 Å². The van der Waals surface area contributed by atoms with Gasteiger partial charge >= 0.3 is 5.97 Å². The number of nitrogens with one attached hydrogen (secondary N) is 1. The van der Waals surface area contributed by atoms with Crippen LogP contribution in [0.25, 0.3) is 10.9 Å². The van der Waals surface area contributed by atoms with Crippen molar-refractivity contribution >= 4 is 16.9 Å². The maximum absolute atomic E-state index is 10.6. The van der Waals surface area contributed by atoms with Crippen molar-refractivity contribution in [3.05, 3.63) is 35.5 Å². The Morgan fingerprint density at radius 1 is 1.47 bits per heavy atom. The first-order valence-corrected chi connectivity index (χ1v) is 5.02. The largest absolute Gasteiger partial charge is 0.481 e. The van der Waals surface area contributed by atoms with E-state index in [1.165, 1.54) is 5.56 Å². The van der Waals surface area contributed by atoms with Crippen molar-refractivity contribution in [3.8, 4) is 0 Å². The number of aromatic amines is 1. The van der Waals surface area contributed by atoms with Gasteiger partial charge in [-0.3, -0.25) is 4.79 Å². The van der Waals surface area contributed by atoms with Crippen LogP contribution in [0.3, 0.4) is 0 Å². The molecule has 78 valence electrons. The molecule has 0 saturated carbocycles. The quantitative estimate of drug-likeness (QED) is 0.804. The first kappa shape index (κ1) is 9.77. The number of H-pyrrole nitrogens is 1. The Bertz CT molecular complexity index is 499. The minimum atomic E-state index is -0.806. The fraction of sp³-hybridized carbons (Fsp3) is 0.250. The van der Waals surface area contributed by atoms with E-state index in [1.807, 2.05) is 18.2 Å². The number of aromatic nitrogens is 1. The summed E-state index contributed by atoms with van der Waals surface area (Å²) in [6.07, 6.45) is 1.01. The minimum Gasteiger partial charge on any atom is -0.481 e. The number of aliphatic carboxylic acids is 1. The van der Waals surface area contributed by atoms with E-state index in [0.29, 0.717) is 0 Å². The van der Waals surface area contributed by atoms with Crippen LogP contribution < -0.4 is 0 Å². The molecule has 3 heteroatoms. The maximum atomic E-state index is 10.6. The van der Waals surface area contributed by atoms with Gasteiger partial charge in [-0.15, -0.1) is 0 Å². The van der Waals surface area contributed by atoms with Crippen LogP contribution in [0.15, 0.2) is 24.3 Å². The van der Waals surface area contributed by atoms with Crippen LogP contribution in [0, 0.1) is 0 Å². The summed E-state index contributed by atoms with van der Waals surface area (Å²) in [5.74, 6) is -0.806. The van der Waals surface area contributed by atoms with Gasteiger partial charge in [-0.25, -0.2) is 0 Å².